The molecule has 0 unspecified atom stereocenters. The molecule has 136 valence electrons. The second-order valence-corrected chi connectivity index (χ2v) is 5.46. The van der Waals surface area contributed by atoms with E-state index in [1.54, 1.807) is 31.4 Å². The fourth-order valence-electron chi connectivity index (χ4n) is 2.38. The van der Waals surface area contributed by atoms with E-state index in [2.05, 4.69) is 10.6 Å². The third-order valence-electron chi connectivity index (χ3n) is 3.67. The number of likely N-dealkylation sites (N-methyl/N-ethyl adjacent to an activating group) is 1. The minimum atomic E-state index is -0.388. The highest BCUT2D eigenvalue weighted by molar-refractivity contribution is 6.01. The summed E-state index contributed by atoms with van der Waals surface area (Å²) >= 11 is 0. The van der Waals surface area contributed by atoms with Gasteiger partial charge in [0.1, 0.15) is 5.70 Å². The molecular formula is C20H22N2O4. The molecular weight excluding hydrogens is 332 g/mol. The quantitative estimate of drug-likeness (QED) is 0.747. The van der Waals surface area contributed by atoms with Crippen LogP contribution in [0.5, 0.6) is 11.5 Å². The van der Waals surface area contributed by atoms with Gasteiger partial charge in [-0.2, -0.15) is 0 Å². The van der Waals surface area contributed by atoms with Crippen LogP contribution in [0.25, 0.3) is 6.08 Å². The molecule has 2 aromatic rings. The minimum absolute atomic E-state index is 0.153. The number of benzene rings is 2. The first-order valence-corrected chi connectivity index (χ1v) is 8.07. The summed E-state index contributed by atoms with van der Waals surface area (Å²) in [5, 5.41) is 5.20. The molecule has 0 saturated heterocycles. The summed E-state index contributed by atoms with van der Waals surface area (Å²) in [6, 6.07) is 14.6. The normalized spacial score (nSPS) is 10.8. The Morgan fingerprint density at radius 2 is 1.69 bits per heavy atom. The van der Waals surface area contributed by atoms with E-state index in [9.17, 15) is 9.59 Å². The summed E-state index contributed by atoms with van der Waals surface area (Å²) in [6.45, 7) is 0. The van der Waals surface area contributed by atoms with Crippen molar-refractivity contribution in [1.82, 2.24) is 10.6 Å². The molecule has 0 aliphatic rings. The molecule has 0 aliphatic carbocycles. The van der Waals surface area contributed by atoms with Crippen molar-refractivity contribution in [3.05, 3.63) is 65.4 Å². The van der Waals surface area contributed by atoms with Crippen LogP contribution < -0.4 is 20.1 Å². The van der Waals surface area contributed by atoms with Crippen LogP contribution >= 0.6 is 0 Å². The zero-order chi connectivity index (χ0) is 18.9. The largest absolute Gasteiger partial charge is 0.493 e. The second kappa shape index (κ2) is 9.27. The van der Waals surface area contributed by atoms with Crippen LogP contribution in [-0.2, 0) is 16.0 Å². The van der Waals surface area contributed by atoms with Crippen LogP contribution in [0, 0.1) is 0 Å². The molecule has 26 heavy (non-hydrogen) atoms. The Bertz CT molecular complexity index is 801. The van der Waals surface area contributed by atoms with E-state index in [1.165, 1.54) is 14.2 Å². The molecule has 0 spiro atoms. The fourth-order valence-corrected chi connectivity index (χ4v) is 2.38. The van der Waals surface area contributed by atoms with Gasteiger partial charge in [-0.05, 0) is 29.3 Å². The smallest absolute Gasteiger partial charge is 0.267 e. The van der Waals surface area contributed by atoms with Gasteiger partial charge in [0.15, 0.2) is 11.5 Å². The van der Waals surface area contributed by atoms with Crippen LogP contribution in [0.1, 0.15) is 11.1 Å². The lowest BCUT2D eigenvalue weighted by Gasteiger charge is -2.11. The number of hydrogen-bond acceptors (Lipinski definition) is 4. The summed E-state index contributed by atoms with van der Waals surface area (Å²) < 4.78 is 10.5. The number of rotatable bonds is 7. The van der Waals surface area contributed by atoms with E-state index < -0.39 is 0 Å². The van der Waals surface area contributed by atoms with Crippen molar-refractivity contribution in [3.8, 4) is 11.5 Å². The van der Waals surface area contributed by atoms with Gasteiger partial charge in [-0.15, -0.1) is 0 Å². The monoisotopic (exact) mass is 354 g/mol. The van der Waals surface area contributed by atoms with Gasteiger partial charge in [0.05, 0.1) is 20.6 Å². The van der Waals surface area contributed by atoms with E-state index in [-0.39, 0.29) is 23.9 Å². The number of amides is 2. The van der Waals surface area contributed by atoms with Gasteiger partial charge in [-0.3, -0.25) is 9.59 Å². The van der Waals surface area contributed by atoms with Crippen molar-refractivity contribution in [2.24, 2.45) is 0 Å². The Kier molecular flexibility index (Phi) is 6.79. The van der Waals surface area contributed by atoms with Crippen LogP contribution in [-0.4, -0.2) is 33.1 Å². The first kappa shape index (κ1) is 19.1. The van der Waals surface area contributed by atoms with Crippen molar-refractivity contribution in [2.45, 2.75) is 6.42 Å². The molecule has 0 atom stereocenters. The van der Waals surface area contributed by atoms with Gasteiger partial charge in [0.2, 0.25) is 5.91 Å². The summed E-state index contributed by atoms with van der Waals surface area (Å²) in [5.74, 6) is 0.458. The molecule has 2 N–H and O–H groups in total. The zero-order valence-corrected chi connectivity index (χ0v) is 15.0. The molecule has 0 aromatic heterocycles. The molecule has 0 heterocycles. The van der Waals surface area contributed by atoms with Crippen LogP contribution in [0.3, 0.4) is 0 Å². The predicted octanol–water partition coefficient (Wildman–Crippen LogP) is 2.15. The highest BCUT2D eigenvalue weighted by Gasteiger charge is 2.13. The second-order valence-electron chi connectivity index (χ2n) is 5.46. The van der Waals surface area contributed by atoms with Crippen molar-refractivity contribution in [3.63, 3.8) is 0 Å². The standard InChI is InChI=1S/C20H22N2O4/c1-21-20(24)16(22-19(23)13-14-7-5-4-6-8-14)11-15-9-10-17(25-2)18(12-15)26-3/h4-12H,13H2,1-3H3,(H,21,24)(H,22,23)/b16-11-. The molecule has 0 fully saturated rings. The summed E-state index contributed by atoms with van der Waals surface area (Å²) in [6.07, 6.45) is 1.77. The molecule has 6 nitrogen and oxygen atoms in total. The highest BCUT2D eigenvalue weighted by atomic mass is 16.5. The van der Waals surface area contributed by atoms with Gasteiger partial charge >= 0.3 is 0 Å². The topological polar surface area (TPSA) is 76.7 Å². The number of carbonyl (C=O) groups excluding carboxylic acids is 2. The van der Waals surface area contributed by atoms with Crippen molar-refractivity contribution in [2.75, 3.05) is 21.3 Å². The van der Waals surface area contributed by atoms with E-state index >= 15 is 0 Å². The van der Waals surface area contributed by atoms with Gasteiger partial charge < -0.3 is 20.1 Å². The van der Waals surface area contributed by atoms with Crippen LogP contribution in [0.15, 0.2) is 54.2 Å². The average molecular weight is 354 g/mol. The number of nitrogens with one attached hydrogen (secondary N) is 2. The SMILES string of the molecule is CNC(=O)/C(=C/c1ccc(OC)c(OC)c1)NC(=O)Cc1ccccc1. The predicted molar refractivity (Wildman–Crippen MR) is 99.9 cm³/mol. The highest BCUT2D eigenvalue weighted by Crippen LogP contribution is 2.28. The van der Waals surface area contributed by atoms with Crippen molar-refractivity contribution >= 4 is 17.9 Å². The van der Waals surface area contributed by atoms with Gasteiger partial charge in [-0.1, -0.05) is 36.4 Å². The number of carbonyl (C=O) groups is 2. The van der Waals surface area contributed by atoms with Gasteiger partial charge in [0, 0.05) is 7.05 Å². The molecule has 2 aromatic carbocycles. The van der Waals surface area contributed by atoms with Crippen molar-refractivity contribution in [1.29, 1.82) is 0 Å². The van der Waals surface area contributed by atoms with E-state index in [1.807, 2.05) is 30.3 Å². The average Bonchev–Trinajstić information content (AvgIpc) is 2.67. The Morgan fingerprint density at radius 3 is 2.31 bits per heavy atom. The number of methoxy groups -OCH3 is 2. The van der Waals surface area contributed by atoms with Gasteiger partial charge in [0.25, 0.3) is 5.91 Å². The molecule has 2 amide bonds. The van der Waals surface area contributed by atoms with E-state index in [0.29, 0.717) is 17.1 Å². The maximum atomic E-state index is 12.3. The Hall–Kier alpha value is -3.28. The maximum absolute atomic E-state index is 12.3. The molecule has 6 heteroatoms. The zero-order valence-electron chi connectivity index (χ0n) is 15.0. The number of hydrogen-bond donors (Lipinski definition) is 2. The van der Waals surface area contributed by atoms with E-state index in [4.69, 9.17) is 9.47 Å². The molecule has 0 bridgehead atoms. The Balaban J connectivity index is 2.22. The lowest BCUT2D eigenvalue weighted by molar-refractivity contribution is -0.123. The lowest BCUT2D eigenvalue weighted by Crippen LogP contribution is -2.33. The Morgan fingerprint density at radius 1 is 1.00 bits per heavy atom. The fraction of sp³-hybridized carbons (Fsp3) is 0.200. The number of ether oxygens (including phenoxy) is 2. The molecule has 0 saturated carbocycles. The summed E-state index contributed by atoms with van der Waals surface area (Å²) in [5.41, 5.74) is 1.72. The molecule has 2 rings (SSSR count). The minimum Gasteiger partial charge on any atom is -0.493 e. The van der Waals surface area contributed by atoms with E-state index in [0.717, 1.165) is 5.56 Å². The molecule has 0 aliphatic heterocycles. The van der Waals surface area contributed by atoms with Crippen LogP contribution in [0.2, 0.25) is 0 Å². The van der Waals surface area contributed by atoms with Crippen LogP contribution in [0.4, 0.5) is 0 Å². The van der Waals surface area contributed by atoms with Crippen molar-refractivity contribution < 1.29 is 19.1 Å². The first-order chi connectivity index (χ1) is 12.6. The Labute approximate surface area is 152 Å². The maximum Gasteiger partial charge on any atom is 0.267 e. The third kappa shape index (κ3) is 5.11. The first-order valence-electron chi connectivity index (χ1n) is 8.07. The summed E-state index contributed by atoms with van der Waals surface area (Å²) in [4.78, 5) is 24.4. The molecule has 0 radical (unpaired) electrons. The van der Waals surface area contributed by atoms with Gasteiger partial charge in [-0.25, -0.2) is 0 Å². The lowest BCUT2D eigenvalue weighted by atomic mass is 10.1. The summed E-state index contributed by atoms with van der Waals surface area (Å²) in [7, 11) is 4.59. The third-order valence-corrected chi connectivity index (χ3v) is 3.67.